The van der Waals surface area contributed by atoms with Gasteiger partial charge in [-0.25, -0.2) is 13.2 Å². The van der Waals surface area contributed by atoms with E-state index >= 15 is 0 Å². The van der Waals surface area contributed by atoms with Crippen LogP contribution in [-0.4, -0.2) is 18.5 Å². The minimum absolute atomic E-state index is 0.200. The Hall–Kier alpha value is -1.56. The van der Waals surface area contributed by atoms with Gasteiger partial charge in [-0.15, -0.1) is 0 Å². The van der Waals surface area contributed by atoms with Gasteiger partial charge in [0.05, 0.1) is 12.1 Å². The van der Waals surface area contributed by atoms with E-state index in [0.717, 1.165) is 37.9 Å². The summed E-state index contributed by atoms with van der Waals surface area (Å²) in [5.74, 6) is -4.21. The van der Waals surface area contributed by atoms with Crippen LogP contribution < -0.4 is 10.6 Å². The topological polar surface area (TPSA) is 41.1 Å². The number of benzene rings is 1. The Morgan fingerprint density at radius 1 is 1.30 bits per heavy atom. The number of carbonyl (C=O) groups is 1. The van der Waals surface area contributed by atoms with Crippen molar-refractivity contribution in [1.82, 2.24) is 10.6 Å². The number of amides is 1. The lowest BCUT2D eigenvalue weighted by atomic mass is 10.0. The van der Waals surface area contributed by atoms with Crippen LogP contribution in [0, 0.1) is 17.5 Å². The lowest BCUT2D eigenvalue weighted by Crippen LogP contribution is -2.47. The van der Waals surface area contributed by atoms with Crippen molar-refractivity contribution in [2.45, 2.75) is 38.3 Å². The van der Waals surface area contributed by atoms with E-state index in [4.69, 9.17) is 0 Å². The van der Waals surface area contributed by atoms with Gasteiger partial charge in [0, 0.05) is 0 Å². The molecule has 3 nitrogen and oxygen atoms in total. The molecular weight excluding hydrogens is 269 g/mol. The second-order valence-corrected chi connectivity index (χ2v) is 5.03. The number of nitrogens with one attached hydrogen (secondary N) is 2. The fourth-order valence-corrected chi connectivity index (χ4v) is 2.30. The van der Waals surface area contributed by atoms with Crippen LogP contribution in [0.25, 0.3) is 0 Å². The van der Waals surface area contributed by atoms with Gasteiger partial charge >= 0.3 is 0 Å². The van der Waals surface area contributed by atoms with Gasteiger partial charge in [-0.1, -0.05) is 6.42 Å². The molecule has 1 aromatic rings. The highest BCUT2D eigenvalue weighted by molar-refractivity contribution is 5.82. The quantitative estimate of drug-likeness (QED) is 0.838. The molecule has 110 valence electrons. The highest BCUT2D eigenvalue weighted by atomic mass is 19.2. The van der Waals surface area contributed by atoms with E-state index in [9.17, 15) is 18.0 Å². The van der Waals surface area contributed by atoms with Crippen molar-refractivity contribution < 1.29 is 18.0 Å². The van der Waals surface area contributed by atoms with Gasteiger partial charge in [-0.3, -0.25) is 4.79 Å². The largest absolute Gasteiger partial charge is 0.348 e. The third-order valence-electron chi connectivity index (χ3n) is 3.49. The molecule has 2 rings (SSSR count). The molecule has 1 aliphatic rings. The average molecular weight is 286 g/mol. The molecule has 0 spiro atoms. The Morgan fingerprint density at radius 2 is 1.95 bits per heavy atom. The van der Waals surface area contributed by atoms with E-state index in [1.54, 1.807) is 6.92 Å². The maximum absolute atomic E-state index is 13.2. The molecule has 1 amide bonds. The normalized spacial score (nSPS) is 20.5. The lowest BCUT2D eigenvalue weighted by molar-refractivity contribution is -0.124. The predicted octanol–water partition coefficient (Wildman–Crippen LogP) is 2.42. The summed E-state index contributed by atoms with van der Waals surface area (Å²) < 4.78 is 39.2. The fraction of sp³-hybridized carbons (Fsp3) is 0.500. The van der Waals surface area contributed by atoms with Gasteiger partial charge in [0.15, 0.2) is 17.5 Å². The zero-order chi connectivity index (χ0) is 14.7. The Balaban J connectivity index is 2.04. The molecule has 0 bridgehead atoms. The smallest absolute Gasteiger partial charge is 0.237 e. The van der Waals surface area contributed by atoms with Crippen LogP contribution in [0.1, 0.15) is 37.8 Å². The molecule has 0 unspecified atom stereocenters. The minimum Gasteiger partial charge on any atom is -0.348 e. The Labute approximate surface area is 115 Å². The van der Waals surface area contributed by atoms with Crippen molar-refractivity contribution in [2.24, 2.45) is 0 Å². The van der Waals surface area contributed by atoms with Crippen LogP contribution in [0.5, 0.6) is 0 Å². The van der Waals surface area contributed by atoms with Gasteiger partial charge in [0.2, 0.25) is 5.91 Å². The summed E-state index contributed by atoms with van der Waals surface area (Å²) in [7, 11) is 0. The summed E-state index contributed by atoms with van der Waals surface area (Å²) in [5, 5.41) is 5.77. The second-order valence-electron chi connectivity index (χ2n) is 5.03. The molecule has 1 aromatic carbocycles. The minimum atomic E-state index is -1.50. The van der Waals surface area contributed by atoms with Gasteiger partial charge < -0.3 is 10.6 Å². The number of hydrogen-bond donors (Lipinski definition) is 2. The van der Waals surface area contributed by atoms with E-state index in [1.807, 2.05) is 0 Å². The summed E-state index contributed by atoms with van der Waals surface area (Å²) >= 11 is 0. The number of hydrogen-bond acceptors (Lipinski definition) is 2. The van der Waals surface area contributed by atoms with Crippen LogP contribution in [0.2, 0.25) is 0 Å². The zero-order valence-electron chi connectivity index (χ0n) is 11.2. The number of piperidine rings is 1. The summed E-state index contributed by atoms with van der Waals surface area (Å²) in [5.41, 5.74) is 0.200. The monoisotopic (exact) mass is 286 g/mol. The SMILES string of the molecule is C[C@@H](NC(=O)[C@@H]1CCCCN1)c1cc(F)c(F)c(F)c1. The first kappa shape index (κ1) is 14.8. The first-order valence-electron chi connectivity index (χ1n) is 6.67. The van der Waals surface area contributed by atoms with Gasteiger partial charge in [0.1, 0.15) is 0 Å². The van der Waals surface area contributed by atoms with Crippen molar-refractivity contribution >= 4 is 5.91 Å². The molecule has 1 aliphatic heterocycles. The van der Waals surface area contributed by atoms with E-state index in [2.05, 4.69) is 10.6 Å². The van der Waals surface area contributed by atoms with Gasteiger partial charge in [0.25, 0.3) is 0 Å². The van der Waals surface area contributed by atoms with Crippen molar-refractivity contribution in [2.75, 3.05) is 6.54 Å². The number of carbonyl (C=O) groups excluding carboxylic acids is 1. The fourth-order valence-electron chi connectivity index (χ4n) is 2.30. The third kappa shape index (κ3) is 3.30. The molecule has 20 heavy (non-hydrogen) atoms. The van der Waals surface area contributed by atoms with Crippen molar-refractivity contribution in [3.63, 3.8) is 0 Å². The zero-order valence-corrected chi connectivity index (χ0v) is 11.2. The molecule has 1 fully saturated rings. The van der Waals surface area contributed by atoms with Crippen LogP contribution in [0.3, 0.4) is 0 Å². The lowest BCUT2D eigenvalue weighted by Gasteiger charge is -2.24. The standard InChI is InChI=1S/C14H17F3N2O/c1-8(9-6-10(15)13(17)11(16)7-9)19-14(20)12-4-2-3-5-18-12/h6-8,12,18H,2-5H2,1H3,(H,19,20)/t8-,12+/m1/s1. The summed E-state index contributed by atoms with van der Waals surface area (Å²) in [4.78, 5) is 12.0. The summed E-state index contributed by atoms with van der Waals surface area (Å²) in [6, 6.07) is 0.937. The molecule has 1 saturated heterocycles. The van der Waals surface area contributed by atoms with Crippen LogP contribution in [0.15, 0.2) is 12.1 Å². The molecule has 6 heteroatoms. The van der Waals surface area contributed by atoms with Crippen molar-refractivity contribution in [3.05, 3.63) is 35.1 Å². The first-order chi connectivity index (χ1) is 9.49. The molecule has 0 saturated carbocycles. The van der Waals surface area contributed by atoms with Crippen molar-refractivity contribution in [3.8, 4) is 0 Å². The maximum atomic E-state index is 13.2. The second kappa shape index (κ2) is 6.26. The Bertz CT molecular complexity index is 478. The van der Waals surface area contributed by atoms with Gasteiger partial charge in [-0.05, 0) is 44.0 Å². The maximum Gasteiger partial charge on any atom is 0.237 e. The third-order valence-corrected chi connectivity index (χ3v) is 3.49. The van der Waals surface area contributed by atoms with E-state index in [-0.39, 0.29) is 17.5 Å². The summed E-state index contributed by atoms with van der Waals surface area (Å²) in [6.45, 7) is 2.39. The van der Waals surface area contributed by atoms with Crippen LogP contribution in [0.4, 0.5) is 13.2 Å². The van der Waals surface area contributed by atoms with Crippen LogP contribution in [-0.2, 0) is 4.79 Å². The molecule has 0 radical (unpaired) electrons. The average Bonchev–Trinajstić information content (AvgIpc) is 2.45. The first-order valence-corrected chi connectivity index (χ1v) is 6.67. The number of rotatable bonds is 3. The molecule has 2 atom stereocenters. The Kier molecular flexibility index (Phi) is 4.65. The van der Waals surface area contributed by atoms with E-state index in [0.29, 0.717) is 0 Å². The van der Waals surface area contributed by atoms with E-state index in [1.165, 1.54) is 0 Å². The molecule has 2 N–H and O–H groups in total. The highest BCUT2D eigenvalue weighted by Gasteiger charge is 2.23. The van der Waals surface area contributed by atoms with Crippen molar-refractivity contribution in [1.29, 1.82) is 0 Å². The molecule has 0 aromatic heterocycles. The predicted molar refractivity (Wildman–Crippen MR) is 68.5 cm³/mol. The highest BCUT2D eigenvalue weighted by Crippen LogP contribution is 2.19. The number of halogens is 3. The van der Waals surface area contributed by atoms with Crippen LogP contribution >= 0.6 is 0 Å². The summed E-state index contributed by atoms with van der Waals surface area (Å²) in [6.07, 6.45) is 2.75. The molecular formula is C14H17F3N2O. The van der Waals surface area contributed by atoms with E-state index < -0.39 is 23.5 Å². The molecule has 0 aliphatic carbocycles. The Morgan fingerprint density at radius 3 is 2.50 bits per heavy atom. The molecule has 1 heterocycles. The van der Waals surface area contributed by atoms with Gasteiger partial charge in [-0.2, -0.15) is 0 Å².